The highest BCUT2D eigenvalue weighted by Crippen LogP contribution is 2.22. The van der Waals surface area contributed by atoms with E-state index in [1.165, 1.54) is 16.3 Å². The molecule has 0 aliphatic carbocycles. The van der Waals surface area contributed by atoms with E-state index in [-0.39, 0.29) is 0 Å². The van der Waals surface area contributed by atoms with Crippen molar-refractivity contribution in [2.75, 3.05) is 0 Å². The Balaban J connectivity index is 2.35. The normalized spacial score (nSPS) is 13.4. The Morgan fingerprint density at radius 3 is 2.56 bits per heavy atom. The molecule has 0 N–H and O–H groups in total. The van der Waals surface area contributed by atoms with Crippen molar-refractivity contribution in [2.24, 2.45) is 0 Å². The predicted molar refractivity (Wildman–Crippen MR) is 71.8 cm³/mol. The largest absolute Gasteiger partial charge is 0.0882 e. The Kier molecular flexibility index (Phi) is 3.40. The minimum Gasteiger partial charge on any atom is -0.0882 e. The van der Waals surface area contributed by atoms with E-state index in [0.717, 1.165) is 6.42 Å². The van der Waals surface area contributed by atoms with Crippen LogP contribution in [0.15, 0.2) is 54.6 Å². The van der Waals surface area contributed by atoms with E-state index in [9.17, 15) is 0 Å². The molecule has 0 heteroatoms. The predicted octanol–water partition coefficient (Wildman–Crippen LogP) is 4.91. The molecule has 1 unspecified atom stereocenters. The third kappa shape index (κ3) is 2.33. The molecule has 2 aromatic carbocycles. The van der Waals surface area contributed by atoms with E-state index in [1.807, 2.05) is 0 Å². The van der Waals surface area contributed by atoms with Crippen LogP contribution in [0.5, 0.6) is 0 Å². The van der Waals surface area contributed by atoms with Crippen molar-refractivity contribution in [1.29, 1.82) is 0 Å². The van der Waals surface area contributed by atoms with Crippen molar-refractivity contribution in [3.63, 3.8) is 0 Å². The van der Waals surface area contributed by atoms with Gasteiger partial charge >= 0.3 is 0 Å². The van der Waals surface area contributed by atoms with Gasteiger partial charge in [0.1, 0.15) is 0 Å². The van der Waals surface area contributed by atoms with Crippen LogP contribution < -0.4 is 0 Å². The monoisotopic (exact) mass is 210 g/mol. The van der Waals surface area contributed by atoms with Crippen molar-refractivity contribution >= 4 is 10.8 Å². The molecule has 0 fully saturated rings. The zero-order chi connectivity index (χ0) is 11.4. The number of allylic oxidation sites excluding steroid dienone is 2. The van der Waals surface area contributed by atoms with Crippen LogP contribution in [0.1, 0.15) is 31.7 Å². The molecule has 1 atom stereocenters. The number of benzene rings is 2. The van der Waals surface area contributed by atoms with Gasteiger partial charge in [0.15, 0.2) is 0 Å². The average molecular weight is 210 g/mol. The first-order chi connectivity index (χ1) is 7.81. The molecule has 0 radical (unpaired) electrons. The second-order valence-corrected chi connectivity index (χ2v) is 4.23. The van der Waals surface area contributed by atoms with Crippen molar-refractivity contribution < 1.29 is 0 Å². The van der Waals surface area contributed by atoms with Crippen molar-refractivity contribution in [3.05, 3.63) is 60.2 Å². The topological polar surface area (TPSA) is 0 Å². The fourth-order valence-corrected chi connectivity index (χ4v) is 1.94. The summed E-state index contributed by atoms with van der Waals surface area (Å²) in [4.78, 5) is 0. The van der Waals surface area contributed by atoms with Crippen LogP contribution in [0.4, 0.5) is 0 Å². The Morgan fingerprint density at radius 1 is 1.06 bits per heavy atom. The molecule has 0 amide bonds. The number of hydrogen-bond acceptors (Lipinski definition) is 0. The molecule has 0 heterocycles. The molecule has 0 bridgehead atoms. The Labute approximate surface area is 97.6 Å². The van der Waals surface area contributed by atoms with Gasteiger partial charge in [-0.25, -0.2) is 0 Å². The Bertz CT molecular complexity index is 494. The zero-order valence-corrected chi connectivity index (χ0v) is 9.98. The summed E-state index contributed by atoms with van der Waals surface area (Å²) in [5, 5.41) is 2.65. The summed E-state index contributed by atoms with van der Waals surface area (Å²) in [5.41, 5.74) is 1.39. The van der Waals surface area contributed by atoms with Gasteiger partial charge in [0, 0.05) is 0 Å². The fraction of sp³-hybridized carbons (Fsp3) is 0.250. The van der Waals surface area contributed by atoms with Crippen LogP contribution in [-0.2, 0) is 0 Å². The van der Waals surface area contributed by atoms with Crippen LogP contribution in [0, 0.1) is 0 Å². The third-order valence-electron chi connectivity index (χ3n) is 2.96. The molecule has 2 aromatic rings. The van der Waals surface area contributed by atoms with E-state index in [2.05, 4.69) is 68.5 Å². The lowest BCUT2D eigenvalue weighted by atomic mass is 9.97. The molecule has 0 saturated heterocycles. The summed E-state index contributed by atoms with van der Waals surface area (Å²) < 4.78 is 0. The second kappa shape index (κ2) is 4.98. The summed E-state index contributed by atoms with van der Waals surface area (Å²) in [7, 11) is 0. The molecule has 0 aliphatic rings. The molecule has 0 aliphatic heterocycles. The van der Waals surface area contributed by atoms with Crippen molar-refractivity contribution in [3.8, 4) is 0 Å². The Hall–Kier alpha value is -1.56. The standard InChI is InChI=1S/C16H18/c1-3-4-7-13(2)15-11-10-14-8-5-6-9-16(14)12-15/h4-13H,3H2,1-2H3/b7-4+. The lowest BCUT2D eigenvalue weighted by Crippen LogP contribution is -1.88. The summed E-state index contributed by atoms with van der Waals surface area (Å²) in [6.07, 6.45) is 5.63. The summed E-state index contributed by atoms with van der Waals surface area (Å²) in [6.45, 7) is 4.42. The minimum absolute atomic E-state index is 0.504. The number of hydrogen-bond donors (Lipinski definition) is 0. The van der Waals surface area contributed by atoms with Gasteiger partial charge in [-0.3, -0.25) is 0 Å². The highest BCUT2D eigenvalue weighted by molar-refractivity contribution is 5.83. The lowest BCUT2D eigenvalue weighted by Gasteiger charge is -2.08. The maximum Gasteiger partial charge on any atom is -0.00102 e. The van der Waals surface area contributed by atoms with Gasteiger partial charge in [-0.1, -0.05) is 68.5 Å². The van der Waals surface area contributed by atoms with Crippen molar-refractivity contribution in [2.45, 2.75) is 26.2 Å². The van der Waals surface area contributed by atoms with Crippen LogP contribution in [0.3, 0.4) is 0 Å². The lowest BCUT2D eigenvalue weighted by molar-refractivity contribution is 0.960. The number of rotatable bonds is 3. The van der Waals surface area contributed by atoms with E-state index >= 15 is 0 Å². The van der Waals surface area contributed by atoms with Gasteiger partial charge in [-0.15, -0.1) is 0 Å². The van der Waals surface area contributed by atoms with Gasteiger partial charge in [0.25, 0.3) is 0 Å². The van der Waals surface area contributed by atoms with Gasteiger partial charge in [0.2, 0.25) is 0 Å². The van der Waals surface area contributed by atoms with E-state index < -0.39 is 0 Å². The molecule has 2 rings (SSSR count). The average Bonchev–Trinajstić information content (AvgIpc) is 2.35. The molecule has 0 saturated carbocycles. The van der Waals surface area contributed by atoms with Gasteiger partial charge in [-0.05, 0) is 28.7 Å². The van der Waals surface area contributed by atoms with Gasteiger partial charge in [0.05, 0.1) is 0 Å². The molecular weight excluding hydrogens is 192 g/mol. The van der Waals surface area contributed by atoms with E-state index in [1.54, 1.807) is 0 Å². The van der Waals surface area contributed by atoms with E-state index in [4.69, 9.17) is 0 Å². The number of fused-ring (bicyclic) bond motifs is 1. The SMILES string of the molecule is CC/C=C/C(C)c1ccc2ccccc2c1. The van der Waals surface area contributed by atoms with Crippen LogP contribution in [-0.4, -0.2) is 0 Å². The van der Waals surface area contributed by atoms with Crippen LogP contribution in [0.25, 0.3) is 10.8 Å². The molecule has 0 aromatic heterocycles. The first-order valence-corrected chi connectivity index (χ1v) is 5.96. The second-order valence-electron chi connectivity index (χ2n) is 4.23. The van der Waals surface area contributed by atoms with Crippen LogP contribution in [0.2, 0.25) is 0 Å². The highest BCUT2D eigenvalue weighted by Gasteiger charge is 2.01. The molecule has 16 heavy (non-hydrogen) atoms. The molecule has 82 valence electrons. The zero-order valence-electron chi connectivity index (χ0n) is 9.98. The van der Waals surface area contributed by atoms with Gasteiger partial charge in [-0.2, -0.15) is 0 Å². The molecule has 0 nitrogen and oxygen atoms in total. The molecular formula is C16H18. The van der Waals surface area contributed by atoms with Crippen molar-refractivity contribution in [1.82, 2.24) is 0 Å². The van der Waals surface area contributed by atoms with Gasteiger partial charge < -0.3 is 0 Å². The third-order valence-corrected chi connectivity index (χ3v) is 2.96. The Morgan fingerprint density at radius 2 is 1.81 bits per heavy atom. The quantitative estimate of drug-likeness (QED) is 0.631. The fourth-order valence-electron chi connectivity index (χ4n) is 1.94. The summed E-state index contributed by atoms with van der Waals surface area (Å²) >= 11 is 0. The first-order valence-electron chi connectivity index (χ1n) is 5.96. The first kappa shape index (κ1) is 10.9. The highest BCUT2D eigenvalue weighted by atomic mass is 14.1. The summed E-state index contributed by atoms with van der Waals surface area (Å²) in [5.74, 6) is 0.504. The van der Waals surface area contributed by atoms with Crippen LogP contribution >= 0.6 is 0 Å². The maximum absolute atomic E-state index is 2.29. The summed E-state index contributed by atoms with van der Waals surface area (Å²) in [6, 6.07) is 15.2. The minimum atomic E-state index is 0.504. The van der Waals surface area contributed by atoms with E-state index in [0.29, 0.717) is 5.92 Å². The molecule has 0 spiro atoms. The maximum atomic E-state index is 2.29. The smallest absolute Gasteiger partial charge is 0.00102 e.